The number of nitrogens with one attached hydrogen (secondary N) is 1. The maximum atomic E-state index is 4.71. The molecule has 0 aliphatic carbocycles. The van der Waals surface area contributed by atoms with E-state index in [4.69, 9.17) is 4.98 Å². The number of hydrogen-bond donors (Lipinski definition) is 1. The van der Waals surface area contributed by atoms with Crippen LogP contribution in [0.2, 0.25) is 0 Å². The summed E-state index contributed by atoms with van der Waals surface area (Å²) in [5.41, 5.74) is 1.14. The van der Waals surface area contributed by atoms with Crippen molar-refractivity contribution in [3.8, 4) is 0 Å². The third kappa shape index (κ3) is 3.02. The average Bonchev–Trinajstić information content (AvgIpc) is 2.98. The van der Waals surface area contributed by atoms with Crippen molar-refractivity contribution in [3.63, 3.8) is 0 Å². The molecule has 2 heterocycles. The van der Waals surface area contributed by atoms with Crippen LogP contribution in [0.15, 0.2) is 5.38 Å². The lowest BCUT2D eigenvalue weighted by Crippen LogP contribution is -2.36. The zero-order chi connectivity index (χ0) is 13.1. The van der Waals surface area contributed by atoms with E-state index in [-0.39, 0.29) is 0 Å². The Hall–Kier alpha value is -0.650. The van der Waals surface area contributed by atoms with Gasteiger partial charge in [-0.15, -0.1) is 11.3 Å². The molecule has 0 spiro atoms. The van der Waals surface area contributed by atoms with E-state index in [2.05, 4.69) is 41.5 Å². The summed E-state index contributed by atoms with van der Waals surface area (Å²) in [6, 6.07) is 1.02. The van der Waals surface area contributed by atoms with Gasteiger partial charge in [0.2, 0.25) is 0 Å². The second-order valence-electron chi connectivity index (χ2n) is 5.22. The summed E-state index contributed by atoms with van der Waals surface area (Å²) in [5.74, 6) is 0. The van der Waals surface area contributed by atoms with E-state index >= 15 is 0 Å². The van der Waals surface area contributed by atoms with Crippen LogP contribution in [0.1, 0.15) is 31.5 Å². The zero-order valence-electron chi connectivity index (χ0n) is 11.8. The number of thiazole rings is 1. The second-order valence-corrected chi connectivity index (χ2v) is 6.06. The van der Waals surface area contributed by atoms with E-state index in [1.54, 1.807) is 11.3 Å². The summed E-state index contributed by atoms with van der Waals surface area (Å²) in [7, 11) is 6.35. The van der Waals surface area contributed by atoms with Crippen LogP contribution in [0.5, 0.6) is 0 Å². The molecule has 0 aromatic carbocycles. The Labute approximate surface area is 114 Å². The molecule has 2 atom stereocenters. The van der Waals surface area contributed by atoms with Crippen LogP contribution in [0.3, 0.4) is 0 Å². The first-order valence-electron chi connectivity index (χ1n) is 6.66. The van der Waals surface area contributed by atoms with E-state index < -0.39 is 0 Å². The fraction of sp³-hybridized carbons (Fsp3) is 0.769. The first-order chi connectivity index (χ1) is 8.61. The Kier molecular flexibility index (Phi) is 4.59. The Balaban J connectivity index is 1.96. The van der Waals surface area contributed by atoms with Crippen molar-refractivity contribution in [2.75, 3.05) is 39.1 Å². The predicted molar refractivity (Wildman–Crippen MR) is 78.5 cm³/mol. The summed E-state index contributed by atoms with van der Waals surface area (Å²) >= 11 is 1.74. The molecule has 0 radical (unpaired) electrons. The van der Waals surface area contributed by atoms with Crippen LogP contribution in [-0.4, -0.2) is 50.2 Å². The van der Waals surface area contributed by atoms with Crippen LogP contribution >= 0.6 is 11.3 Å². The SMILES string of the molecule is CNC(C)c1csc(N(C)CC2CCCN2C)n1. The molecule has 1 aromatic heterocycles. The van der Waals surface area contributed by atoms with Crippen molar-refractivity contribution in [3.05, 3.63) is 11.1 Å². The summed E-state index contributed by atoms with van der Waals surface area (Å²) in [5, 5.41) is 6.52. The molecule has 1 fully saturated rings. The highest BCUT2D eigenvalue weighted by Crippen LogP contribution is 2.25. The predicted octanol–water partition coefficient (Wildman–Crippen LogP) is 1.95. The first-order valence-corrected chi connectivity index (χ1v) is 7.54. The monoisotopic (exact) mass is 268 g/mol. The van der Waals surface area contributed by atoms with Gasteiger partial charge in [0.05, 0.1) is 5.69 Å². The topological polar surface area (TPSA) is 31.4 Å². The smallest absolute Gasteiger partial charge is 0.185 e. The minimum Gasteiger partial charge on any atom is -0.350 e. The molecule has 18 heavy (non-hydrogen) atoms. The van der Waals surface area contributed by atoms with Gasteiger partial charge in [0, 0.05) is 31.1 Å². The lowest BCUT2D eigenvalue weighted by Gasteiger charge is -2.25. The molecule has 1 aliphatic heterocycles. The summed E-state index contributed by atoms with van der Waals surface area (Å²) < 4.78 is 0. The van der Waals surface area contributed by atoms with E-state index in [0.29, 0.717) is 12.1 Å². The number of aromatic nitrogens is 1. The van der Waals surface area contributed by atoms with Crippen molar-refractivity contribution < 1.29 is 0 Å². The van der Waals surface area contributed by atoms with Crippen LogP contribution < -0.4 is 10.2 Å². The van der Waals surface area contributed by atoms with Crippen molar-refractivity contribution in [1.29, 1.82) is 0 Å². The Bertz CT molecular complexity index is 379. The zero-order valence-corrected chi connectivity index (χ0v) is 12.6. The van der Waals surface area contributed by atoms with Gasteiger partial charge >= 0.3 is 0 Å². The normalized spacial score (nSPS) is 22.3. The Morgan fingerprint density at radius 3 is 3.06 bits per heavy atom. The van der Waals surface area contributed by atoms with Crippen molar-refractivity contribution in [2.24, 2.45) is 0 Å². The van der Waals surface area contributed by atoms with E-state index in [1.807, 2.05) is 7.05 Å². The molecule has 1 saturated heterocycles. The summed E-state index contributed by atoms with van der Waals surface area (Å²) in [6.45, 7) is 4.46. The lowest BCUT2D eigenvalue weighted by molar-refractivity contribution is 0.314. The summed E-state index contributed by atoms with van der Waals surface area (Å²) in [4.78, 5) is 9.47. The number of rotatable bonds is 5. The molecular weight excluding hydrogens is 244 g/mol. The molecule has 0 bridgehead atoms. The fourth-order valence-electron chi connectivity index (χ4n) is 2.40. The highest BCUT2D eigenvalue weighted by Gasteiger charge is 2.23. The standard InChI is InChI=1S/C13H24N4S/c1-10(14-2)12-9-18-13(15-12)17(4)8-11-6-5-7-16(11)3/h9-11,14H,5-8H2,1-4H3. The first kappa shape index (κ1) is 13.8. The van der Waals surface area contributed by atoms with E-state index in [9.17, 15) is 0 Å². The molecule has 1 N–H and O–H groups in total. The number of nitrogens with zero attached hydrogens (tertiary/aromatic N) is 3. The average molecular weight is 268 g/mol. The molecule has 0 amide bonds. The molecule has 2 unspecified atom stereocenters. The minimum absolute atomic E-state index is 0.331. The van der Waals surface area contributed by atoms with Gasteiger partial charge in [0.1, 0.15) is 0 Å². The molecule has 2 rings (SSSR count). The van der Waals surface area contributed by atoms with Crippen molar-refractivity contribution >= 4 is 16.5 Å². The quantitative estimate of drug-likeness (QED) is 0.884. The number of hydrogen-bond acceptors (Lipinski definition) is 5. The number of likely N-dealkylation sites (tertiary alicyclic amines) is 1. The second kappa shape index (κ2) is 5.99. The third-order valence-corrected chi connectivity index (χ3v) is 4.84. The van der Waals surface area contributed by atoms with Gasteiger partial charge < -0.3 is 15.1 Å². The third-order valence-electron chi connectivity index (χ3n) is 3.87. The van der Waals surface area contributed by atoms with E-state index in [1.165, 1.54) is 19.4 Å². The van der Waals surface area contributed by atoms with Crippen LogP contribution in [0, 0.1) is 0 Å². The lowest BCUT2D eigenvalue weighted by atomic mass is 10.2. The van der Waals surface area contributed by atoms with Gasteiger partial charge in [0.25, 0.3) is 0 Å². The number of likely N-dealkylation sites (N-methyl/N-ethyl adjacent to an activating group) is 2. The van der Waals surface area contributed by atoms with Gasteiger partial charge in [-0.3, -0.25) is 0 Å². The molecule has 1 aromatic rings. The fourth-order valence-corrected chi connectivity index (χ4v) is 3.30. The van der Waals surface area contributed by atoms with Gasteiger partial charge in [-0.1, -0.05) is 0 Å². The molecule has 0 saturated carbocycles. The van der Waals surface area contributed by atoms with Gasteiger partial charge in [-0.2, -0.15) is 0 Å². The highest BCUT2D eigenvalue weighted by molar-refractivity contribution is 7.13. The molecule has 102 valence electrons. The molecular formula is C13H24N4S. The van der Waals surface area contributed by atoms with Crippen LogP contribution in [-0.2, 0) is 0 Å². The summed E-state index contributed by atoms with van der Waals surface area (Å²) in [6.07, 6.45) is 2.64. The maximum absolute atomic E-state index is 4.71. The van der Waals surface area contributed by atoms with Gasteiger partial charge in [-0.25, -0.2) is 4.98 Å². The minimum atomic E-state index is 0.331. The van der Waals surface area contributed by atoms with Crippen LogP contribution in [0.4, 0.5) is 5.13 Å². The van der Waals surface area contributed by atoms with Gasteiger partial charge in [0.15, 0.2) is 5.13 Å². The van der Waals surface area contributed by atoms with Crippen molar-refractivity contribution in [2.45, 2.75) is 31.8 Å². The molecule has 5 heteroatoms. The van der Waals surface area contributed by atoms with Gasteiger partial charge in [-0.05, 0) is 40.4 Å². The number of anilines is 1. The molecule has 1 aliphatic rings. The Morgan fingerprint density at radius 2 is 2.44 bits per heavy atom. The molecule has 4 nitrogen and oxygen atoms in total. The van der Waals surface area contributed by atoms with Crippen LogP contribution in [0.25, 0.3) is 0 Å². The largest absolute Gasteiger partial charge is 0.350 e. The van der Waals surface area contributed by atoms with E-state index in [0.717, 1.165) is 17.4 Å². The van der Waals surface area contributed by atoms with Crippen molar-refractivity contribution in [1.82, 2.24) is 15.2 Å². The maximum Gasteiger partial charge on any atom is 0.185 e. The Morgan fingerprint density at radius 1 is 1.67 bits per heavy atom. The highest BCUT2D eigenvalue weighted by atomic mass is 32.1.